The summed E-state index contributed by atoms with van der Waals surface area (Å²) in [5, 5.41) is 5.95. The number of carbonyl (C=O) groups is 2. The van der Waals surface area contributed by atoms with Crippen LogP contribution in [0.2, 0.25) is 0 Å². The zero-order valence-electron chi connectivity index (χ0n) is 12.5. The van der Waals surface area contributed by atoms with Crippen molar-refractivity contribution in [2.24, 2.45) is 11.8 Å². The van der Waals surface area contributed by atoms with Crippen molar-refractivity contribution in [1.29, 1.82) is 0 Å². The van der Waals surface area contributed by atoms with Crippen molar-refractivity contribution in [3.05, 3.63) is 30.1 Å². The number of halogens is 1. The smallest absolute Gasteiger partial charge is 0.249 e. The molecule has 0 saturated carbocycles. The van der Waals surface area contributed by atoms with Gasteiger partial charge in [0.2, 0.25) is 11.8 Å². The van der Waals surface area contributed by atoms with Crippen LogP contribution in [0, 0.1) is 17.7 Å². The molecule has 22 heavy (non-hydrogen) atoms. The fourth-order valence-electron chi connectivity index (χ4n) is 2.91. The van der Waals surface area contributed by atoms with Crippen molar-refractivity contribution in [2.45, 2.75) is 19.4 Å². The van der Waals surface area contributed by atoms with Gasteiger partial charge in [0.25, 0.3) is 0 Å². The van der Waals surface area contributed by atoms with Crippen LogP contribution in [0.1, 0.15) is 13.3 Å². The Labute approximate surface area is 128 Å². The van der Waals surface area contributed by atoms with E-state index in [4.69, 9.17) is 0 Å². The fourth-order valence-corrected chi connectivity index (χ4v) is 2.91. The van der Waals surface area contributed by atoms with Gasteiger partial charge in [-0.2, -0.15) is 0 Å². The second-order valence-corrected chi connectivity index (χ2v) is 6.00. The molecule has 0 radical (unpaired) electrons. The Hall–Kier alpha value is -1.95. The summed E-state index contributed by atoms with van der Waals surface area (Å²) in [6.45, 7) is 3.99. The number of benzene rings is 1. The molecule has 2 saturated heterocycles. The Bertz CT molecular complexity index is 589. The molecule has 1 aromatic rings. The summed E-state index contributed by atoms with van der Waals surface area (Å²) in [5.74, 6) is -0.537. The monoisotopic (exact) mass is 305 g/mol. The van der Waals surface area contributed by atoms with Gasteiger partial charge in [0.15, 0.2) is 0 Å². The number of nitrogens with zero attached hydrogens (tertiary/aromatic N) is 1. The van der Waals surface area contributed by atoms with Crippen LogP contribution in [0.3, 0.4) is 0 Å². The molecule has 3 rings (SSSR count). The third-order valence-electron chi connectivity index (χ3n) is 4.60. The zero-order valence-corrected chi connectivity index (χ0v) is 12.5. The quantitative estimate of drug-likeness (QED) is 0.869. The molecule has 2 heterocycles. The third-order valence-corrected chi connectivity index (χ3v) is 4.60. The third kappa shape index (κ3) is 2.70. The molecule has 6 heteroatoms. The van der Waals surface area contributed by atoms with E-state index in [0.717, 1.165) is 13.1 Å². The van der Waals surface area contributed by atoms with E-state index in [0.29, 0.717) is 18.9 Å². The number of carbonyl (C=O) groups excluding carboxylic acids is 2. The molecular formula is C16H20FN3O2. The lowest BCUT2D eigenvalue weighted by molar-refractivity contribution is -0.130. The molecule has 1 aromatic carbocycles. The molecule has 2 aliphatic heterocycles. The Morgan fingerprint density at radius 1 is 1.41 bits per heavy atom. The molecule has 118 valence electrons. The van der Waals surface area contributed by atoms with Crippen LogP contribution in [0.15, 0.2) is 24.3 Å². The van der Waals surface area contributed by atoms with Crippen molar-refractivity contribution in [1.82, 2.24) is 10.6 Å². The number of rotatable bonds is 4. The summed E-state index contributed by atoms with van der Waals surface area (Å²) in [4.78, 5) is 26.0. The predicted molar refractivity (Wildman–Crippen MR) is 80.8 cm³/mol. The Balaban J connectivity index is 1.64. The Kier molecular flexibility index (Phi) is 4.11. The molecule has 0 aliphatic carbocycles. The average Bonchev–Trinajstić information content (AvgIpc) is 2.79. The van der Waals surface area contributed by atoms with E-state index < -0.39 is 11.9 Å². The first-order valence-electron chi connectivity index (χ1n) is 7.65. The maximum atomic E-state index is 13.8. The molecule has 2 aliphatic rings. The lowest BCUT2D eigenvalue weighted by atomic mass is 9.88. The molecule has 5 nitrogen and oxygen atoms in total. The van der Waals surface area contributed by atoms with Gasteiger partial charge in [0.1, 0.15) is 11.9 Å². The summed E-state index contributed by atoms with van der Waals surface area (Å²) in [7, 11) is 0. The van der Waals surface area contributed by atoms with Crippen LogP contribution in [-0.4, -0.2) is 37.5 Å². The van der Waals surface area contributed by atoms with Crippen LogP contribution >= 0.6 is 0 Å². The predicted octanol–water partition coefficient (Wildman–Crippen LogP) is 0.903. The summed E-state index contributed by atoms with van der Waals surface area (Å²) >= 11 is 0. The van der Waals surface area contributed by atoms with Gasteiger partial charge in [0, 0.05) is 12.5 Å². The zero-order chi connectivity index (χ0) is 15.7. The highest BCUT2D eigenvalue weighted by molar-refractivity contribution is 6.01. The Morgan fingerprint density at radius 3 is 2.77 bits per heavy atom. The van der Waals surface area contributed by atoms with Gasteiger partial charge in [-0.1, -0.05) is 19.1 Å². The minimum absolute atomic E-state index is 0.0970. The molecule has 0 aromatic heterocycles. The van der Waals surface area contributed by atoms with E-state index >= 15 is 0 Å². The normalized spacial score (nSPS) is 23.3. The van der Waals surface area contributed by atoms with Gasteiger partial charge >= 0.3 is 0 Å². The summed E-state index contributed by atoms with van der Waals surface area (Å²) in [5.41, 5.74) is 0.278. The highest BCUT2D eigenvalue weighted by Crippen LogP contribution is 2.25. The number of para-hydroxylation sites is 1. The first kappa shape index (κ1) is 15.0. The van der Waals surface area contributed by atoms with Crippen molar-refractivity contribution in [3.63, 3.8) is 0 Å². The Morgan fingerprint density at radius 2 is 2.14 bits per heavy atom. The van der Waals surface area contributed by atoms with Crippen LogP contribution in [0.4, 0.5) is 10.1 Å². The van der Waals surface area contributed by atoms with E-state index in [1.807, 2.05) is 6.92 Å². The van der Waals surface area contributed by atoms with E-state index in [1.54, 1.807) is 18.2 Å². The van der Waals surface area contributed by atoms with Gasteiger partial charge in [-0.3, -0.25) is 9.59 Å². The number of nitrogens with one attached hydrogen (secondary N) is 2. The van der Waals surface area contributed by atoms with Crippen LogP contribution in [0.25, 0.3) is 0 Å². The number of hydrogen-bond donors (Lipinski definition) is 2. The molecule has 2 fully saturated rings. The largest absolute Gasteiger partial charge is 0.344 e. The number of hydrogen-bond acceptors (Lipinski definition) is 3. The van der Waals surface area contributed by atoms with Gasteiger partial charge < -0.3 is 15.5 Å². The second-order valence-electron chi connectivity index (χ2n) is 6.00. The van der Waals surface area contributed by atoms with E-state index in [2.05, 4.69) is 10.6 Å². The standard InChI is InChI=1S/C16H20FN3O2/c1-10(11-8-18-9-11)15(21)19-13-6-7-20(16(13)22)14-5-3-2-4-12(14)17/h2-5,10-11,13,18H,6-9H2,1H3,(H,19,21). The molecular weight excluding hydrogens is 285 g/mol. The second kappa shape index (κ2) is 6.04. The minimum atomic E-state index is -0.553. The summed E-state index contributed by atoms with van der Waals surface area (Å²) < 4.78 is 13.8. The SMILES string of the molecule is CC(C(=O)NC1CCN(c2ccccc2F)C1=O)C1CNC1. The van der Waals surface area contributed by atoms with Crippen molar-refractivity contribution in [3.8, 4) is 0 Å². The van der Waals surface area contributed by atoms with Gasteiger partial charge in [-0.25, -0.2) is 4.39 Å². The van der Waals surface area contributed by atoms with Crippen molar-refractivity contribution >= 4 is 17.5 Å². The van der Waals surface area contributed by atoms with Crippen LogP contribution < -0.4 is 15.5 Å². The molecule has 2 N–H and O–H groups in total. The van der Waals surface area contributed by atoms with E-state index in [1.165, 1.54) is 11.0 Å². The molecule has 2 atom stereocenters. The lowest BCUT2D eigenvalue weighted by Gasteiger charge is -2.32. The number of anilines is 1. The molecule has 2 amide bonds. The van der Waals surface area contributed by atoms with Gasteiger partial charge in [-0.05, 0) is 37.6 Å². The fraction of sp³-hybridized carbons (Fsp3) is 0.500. The highest BCUT2D eigenvalue weighted by atomic mass is 19.1. The average molecular weight is 305 g/mol. The van der Waals surface area contributed by atoms with Crippen molar-refractivity contribution in [2.75, 3.05) is 24.5 Å². The molecule has 0 spiro atoms. The van der Waals surface area contributed by atoms with Gasteiger partial charge in [0.05, 0.1) is 5.69 Å². The maximum Gasteiger partial charge on any atom is 0.249 e. The van der Waals surface area contributed by atoms with E-state index in [9.17, 15) is 14.0 Å². The lowest BCUT2D eigenvalue weighted by Crippen LogP contribution is -2.52. The minimum Gasteiger partial charge on any atom is -0.344 e. The topological polar surface area (TPSA) is 61.4 Å². The van der Waals surface area contributed by atoms with Gasteiger partial charge in [-0.15, -0.1) is 0 Å². The number of amides is 2. The molecule has 0 bridgehead atoms. The summed E-state index contributed by atoms with van der Waals surface area (Å²) in [6.07, 6.45) is 0.508. The molecule has 2 unspecified atom stereocenters. The highest BCUT2D eigenvalue weighted by Gasteiger charge is 2.37. The summed E-state index contributed by atoms with van der Waals surface area (Å²) in [6, 6.07) is 5.65. The first-order valence-corrected chi connectivity index (χ1v) is 7.65. The van der Waals surface area contributed by atoms with Crippen LogP contribution in [0.5, 0.6) is 0 Å². The van der Waals surface area contributed by atoms with E-state index in [-0.39, 0.29) is 23.4 Å². The van der Waals surface area contributed by atoms with Crippen LogP contribution in [-0.2, 0) is 9.59 Å². The first-order chi connectivity index (χ1) is 10.6. The van der Waals surface area contributed by atoms with Crippen molar-refractivity contribution < 1.29 is 14.0 Å². The maximum absolute atomic E-state index is 13.8.